The Morgan fingerprint density at radius 2 is 1.66 bits per heavy atom. The number of aliphatic carboxylic acids is 1. The fourth-order valence-corrected chi connectivity index (χ4v) is 5.06. The predicted octanol–water partition coefficient (Wildman–Crippen LogP) is 4.24. The van der Waals surface area contributed by atoms with Crippen molar-refractivity contribution in [1.82, 2.24) is 14.8 Å². The third kappa shape index (κ3) is 5.94. The Bertz CT molecular complexity index is 1450. The van der Waals surface area contributed by atoms with Crippen molar-refractivity contribution in [2.24, 2.45) is 0 Å². The van der Waals surface area contributed by atoms with Gasteiger partial charge < -0.3 is 15.3 Å². The summed E-state index contributed by atoms with van der Waals surface area (Å²) >= 11 is 0. The monoisotopic (exact) mass is 511 g/mol. The number of benzene rings is 2. The highest BCUT2D eigenvalue weighted by atomic mass is 16.4. The van der Waals surface area contributed by atoms with E-state index >= 15 is 0 Å². The van der Waals surface area contributed by atoms with Crippen LogP contribution in [-0.4, -0.2) is 46.1 Å². The molecule has 0 radical (unpaired) electrons. The molecule has 0 fully saturated rings. The number of hydrogen-bond donors (Lipinski definition) is 2. The van der Waals surface area contributed by atoms with E-state index in [1.165, 1.54) is 10.6 Å². The average molecular weight is 512 g/mol. The summed E-state index contributed by atoms with van der Waals surface area (Å²) < 4.78 is 1.40. The molecule has 2 N–H and O–H groups in total. The lowest BCUT2D eigenvalue weighted by atomic mass is 9.90. The Morgan fingerprint density at radius 3 is 2.32 bits per heavy atom. The van der Waals surface area contributed by atoms with E-state index in [1.54, 1.807) is 24.4 Å². The average Bonchev–Trinajstić information content (AvgIpc) is 2.86. The summed E-state index contributed by atoms with van der Waals surface area (Å²) in [5.74, 6) is -1.46. The van der Waals surface area contributed by atoms with Gasteiger partial charge in [-0.05, 0) is 65.8 Å². The molecule has 2 atom stereocenters. The molecule has 1 aliphatic rings. The van der Waals surface area contributed by atoms with Crippen molar-refractivity contribution >= 4 is 17.4 Å². The van der Waals surface area contributed by atoms with Crippen molar-refractivity contribution in [3.63, 3.8) is 0 Å². The second kappa shape index (κ2) is 11.3. The Morgan fingerprint density at radius 1 is 0.974 bits per heavy atom. The SMILES string of the molecule is Cc1ccc(=O)n([C@H](C(=O)N[C@@H](CC(=O)O)C2=CC(c3c(C)cccc3C)=CN(C)C2)c2ccccc2)c1. The van der Waals surface area contributed by atoms with Gasteiger partial charge in [0.15, 0.2) is 0 Å². The number of aromatic nitrogens is 1. The minimum atomic E-state index is -1.02. The van der Waals surface area contributed by atoms with Gasteiger partial charge in [-0.15, -0.1) is 0 Å². The van der Waals surface area contributed by atoms with Crippen LogP contribution < -0.4 is 10.9 Å². The molecule has 1 aromatic heterocycles. The first-order valence-electron chi connectivity index (χ1n) is 12.6. The van der Waals surface area contributed by atoms with E-state index in [-0.39, 0.29) is 12.0 Å². The van der Waals surface area contributed by atoms with Gasteiger partial charge in [-0.2, -0.15) is 0 Å². The highest BCUT2D eigenvalue weighted by Gasteiger charge is 2.29. The molecule has 196 valence electrons. The second-order valence-corrected chi connectivity index (χ2v) is 9.91. The zero-order valence-electron chi connectivity index (χ0n) is 22.1. The zero-order chi connectivity index (χ0) is 27.4. The molecule has 2 heterocycles. The zero-order valence-corrected chi connectivity index (χ0v) is 22.1. The number of rotatable bonds is 8. The Hall–Kier alpha value is -4.39. The Labute approximate surface area is 222 Å². The summed E-state index contributed by atoms with van der Waals surface area (Å²) in [6.45, 7) is 6.41. The quantitative estimate of drug-likeness (QED) is 0.472. The van der Waals surface area contributed by atoms with Crippen LogP contribution in [-0.2, 0) is 9.59 Å². The number of carbonyl (C=O) groups is 2. The smallest absolute Gasteiger partial charge is 0.305 e. The summed E-state index contributed by atoms with van der Waals surface area (Å²) in [6.07, 6.45) is 5.40. The topological polar surface area (TPSA) is 91.6 Å². The molecule has 0 spiro atoms. The molecule has 1 aliphatic heterocycles. The largest absolute Gasteiger partial charge is 0.481 e. The van der Waals surface area contributed by atoms with Gasteiger partial charge in [0.1, 0.15) is 6.04 Å². The maximum Gasteiger partial charge on any atom is 0.305 e. The highest BCUT2D eigenvalue weighted by Crippen LogP contribution is 2.30. The number of carboxylic acids is 1. The van der Waals surface area contributed by atoms with Crippen molar-refractivity contribution < 1.29 is 14.7 Å². The van der Waals surface area contributed by atoms with Crippen molar-refractivity contribution in [1.29, 1.82) is 0 Å². The van der Waals surface area contributed by atoms with E-state index in [0.717, 1.165) is 33.4 Å². The first kappa shape index (κ1) is 26.7. The number of pyridine rings is 1. The Balaban J connectivity index is 1.74. The van der Waals surface area contributed by atoms with E-state index in [4.69, 9.17) is 0 Å². The lowest BCUT2D eigenvalue weighted by Crippen LogP contribution is -2.45. The van der Waals surface area contributed by atoms with Gasteiger partial charge in [0.05, 0.1) is 12.5 Å². The van der Waals surface area contributed by atoms with Gasteiger partial charge in [0, 0.05) is 32.1 Å². The van der Waals surface area contributed by atoms with Crippen molar-refractivity contribution in [2.75, 3.05) is 13.6 Å². The lowest BCUT2D eigenvalue weighted by Gasteiger charge is -2.31. The molecular formula is C31H33N3O4. The van der Waals surface area contributed by atoms with Crippen LogP contribution >= 0.6 is 0 Å². The van der Waals surface area contributed by atoms with Crippen molar-refractivity contribution in [2.45, 2.75) is 39.3 Å². The molecule has 7 nitrogen and oxygen atoms in total. The fraction of sp³-hybridized carbons (Fsp3) is 0.258. The number of nitrogens with one attached hydrogen (secondary N) is 1. The normalized spacial score (nSPS) is 14.8. The van der Waals surface area contributed by atoms with Gasteiger partial charge in [-0.3, -0.25) is 19.0 Å². The molecule has 1 amide bonds. The summed E-state index contributed by atoms with van der Waals surface area (Å²) in [5, 5.41) is 12.7. The number of hydrogen-bond acceptors (Lipinski definition) is 4. The van der Waals surface area contributed by atoms with Crippen LogP contribution in [0.5, 0.6) is 0 Å². The van der Waals surface area contributed by atoms with E-state index in [2.05, 4.69) is 5.32 Å². The van der Waals surface area contributed by atoms with Crippen LogP contribution in [0.3, 0.4) is 0 Å². The van der Waals surface area contributed by atoms with Crippen LogP contribution in [0.25, 0.3) is 5.57 Å². The molecule has 0 saturated carbocycles. The maximum absolute atomic E-state index is 13.9. The number of aryl methyl sites for hydroxylation is 3. The van der Waals surface area contributed by atoms with Crippen LogP contribution in [0.4, 0.5) is 0 Å². The van der Waals surface area contributed by atoms with Gasteiger partial charge in [0.2, 0.25) is 5.91 Å². The summed E-state index contributed by atoms with van der Waals surface area (Å²) in [4.78, 5) is 40.6. The van der Waals surface area contributed by atoms with Gasteiger partial charge in [0.25, 0.3) is 5.56 Å². The maximum atomic E-state index is 13.9. The summed E-state index contributed by atoms with van der Waals surface area (Å²) in [5.41, 5.74) is 6.22. The van der Waals surface area contributed by atoms with Gasteiger partial charge in [-0.1, -0.05) is 54.6 Å². The third-order valence-corrected chi connectivity index (χ3v) is 6.77. The van der Waals surface area contributed by atoms with Crippen LogP contribution in [0.2, 0.25) is 0 Å². The van der Waals surface area contributed by atoms with E-state index in [9.17, 15) is 19.5 Å². The van der Waals surface area contributed by atoms with Crippen LogP contribution in [0.15, 0.2) is 89.5 Å². The molecule has 3 aromatic rings. The second-order valence-electron chi connectivity index (χ2n) is 9.91. The molecule has 4 rings (SSSR count). The molecule has 7 heteroatoms. The van der Waals surface area contributed by atoms with Gasteiger partial charge in [-0.25, -0.2) is 0 Å². The van der Waals surface area contributed by atoms with Crippen molar-refractivity contribution in [3.05, 3.63) is 123 Å². The molecule has 38 heavy (non-hydrogen) atoms. The highest BCUT2D eigenvalue weighted by molar-refractivity contribution is 5.86. The first-order valence-corrected chi connectivity index (χ1v) is 12.6. The van der Waals surface area contributed by atoms with Crippen LogP contribution in [0, 0.1) is 20.8 Å². The molecule has 0 bridgehead atoms. The number of carbonyl (C=O) groups excluding carboxylic acids is 1. The first-order chi connectivity index (χ1) is 18.1. The van der Waals surface area contributed by atoms with Crippen molar-refractivity contribution in [3.8, 4) is 0 Å². The number of nitrogens with zero attached hydrogens (tertiary/aromatic N) is 2. The minimum Gasteiger partial charge on any atom is -0.481 e. The predicted molar refractivity (Wildman–Crippen MR) is 149 cm³/mol. The number of amides is 1. The summed E-state index contributed by atoms with van der Waals surface area (Å²) in [6, 6.07) is 16.6. The van der Waals surface area contributed by atoms with E-state index in [1.807, 2.05) is 81.4 Å². The van der Waals surface area contributed by atoms with E-state index in [0.29, 0.717) is 12.1 Å². The third-order valence-electron chi connectivity index (χ3n) is 6.77. The molecule has 0 aliphatic carbocycles. The standard InChI is InChI=1S/C31H33N3O4/c1-20-13-14-27(35)34(17-20)30(23-11-6-5-7-12-23)31(38)32-26(16-28(36)37)24-15-25(19-33(4)18-24)29-21(2)9-8-10-22(29)3/h5-15,17,19,26,30H,16,18H2,1-4H3,(H,32,38)(H,36,37)/t26-,30-/m0/s1. The number of allylic oxidation sites excluding steroid dienone is 2. The number of likely N-dealkylation sites (N-methyl/N-ethyl adjacent to an activating group) is 1. The molecule has 0 unspecified atom stereocenters. The minimum absolute atomic E-state index is 0.282. The Kier molecular flexibility index (Phi) is 7.96. The summed E-state index contributed by atoms with van der Waals surface area (Å²) in [7, 11) is 1.93. The van der Waals surface area contributed by atoms with E-state index < -0.39 is 24.0 Å². The van der Waals surface area contributed by atoms with Crippen LogP contribution in [0.1, 0.15) is 40.3 Å². The fourth-order valence-electron chi connectivity index (χ4n) is 5.06. The molecule has 2 aromatic carbocycles. The van der Waals surface area contributed by atoms with Gasteiger partial charge >= 0.3 is 5.97 Å². The number of carboxylic acid groups (broad SMARTS) is 1. The lowest BCUT2D eigenvalue weighted by molar-refractivity contribution is -0.137. The molecular weight excluding hydrogens is 478 g/mol. The molecule has 0 saturated heterocycles.